The number of hydrogen-bond acceptors (Lipinski definition) is 6. The van der Waals surface area contributed by atoms with E-state index in [0.717, 1.165) is 29.7 Å². The Morgan fingerprint density at radius 3 is 2.62 bits per heavy atom. The molecule has 1 aliphatic heterocycles. The van der Waals surface area contributed by atoms with E-state index in [1.807, 2.05) is 30.5 Å². The second-order valence-corrected chi connectivity index (χ2v) is 7.58. The molecule has 2 fully saturated rings. The van der Waals surface area contributed by atoms with Crippen LogP contribution in [-0.2, 0) is 11.3 Å². The summed E-state index contributed by atoms with van der Waals surface area (Å²) < 4.78 is 5.27. The molecule has 26 heavy (non-hydrogen) atoms. The van der Waals surface area contributed by atoms with Gasteiger partial charge in [-0.25, -0.2) is 4.79 Å². The Labute approximate surface area is 155 Å². The number of aromatic nitrogens is 2. The van der Waals surface area contributed by atoms with Gasteiger partial charge in [0.2, 0.25) is 11.7 Å². The zero-order valence-electron chi connectivity index (χ0n) is 14.5. The second-order valence-electron chi connectivity index (χ2n) is 6.70. The first kappa shape index (κ1) is 17.1. The molecule has 1 aromatic heterocycles. The number of amides is 3. The van der Waals surface area contributed by atoms with E-state index in [1.54, 1.807) is 11.8 Å². The van der Waals surface area contributed by atoms with Gasteiger partial charge in [0, 0.05) is 10.5 Å². The van der Waals surface area contributed by atoms with Crippen LogP contribution in [0.1, 0.15) is 38.0 Å². The summed E-state index contributed by atoms with van der Waals surface area (Å²) in [5, 5.41) is 6.86. The van der Waals surface area contributed by atoms with Gasteiger partial charge in [0.1, 0.15) is 12.1 Å². The molecule has 2 aromatic rings. The van der Waals surface area contributed by atoms with E-state index >= 15 is 0 Å². The van der Waals surface area contributed by atoms with Crippen LogP contribution >= 0.6 is 11.8 Å². The minimum Gasteiger partial charge on any atom is -0.337 e. The minimum absolute atomic E-state index is 0.00229. The molecular formula is C18H20N4O3S. The topological polar surface area (TPSA) is 88.3 Å². The third-order valence-electron chi connectivity index (χ3n) is 5.06. The van der Waals surface area contributed by atoms with Crippen molar-refractivity contribution in [1.29, 1.82) is 0 Å². The number of rotatable bonds is 4. The minimum atomic E-state index is -0.730. The Morgan fingerprint density at radius 1 is 1.19 bits per heavy atom. The van der Waals surface area contributed by atoms with Crippen LogP contribution in [0.15, 0.2) is 33.7 Å². The third kappa shape index (κ3) is 2.98. The van der Waals surface area contributed by atoms with E-state index in [2.05, 4.69) is 15.5 Å². The van der Waals surface area contributed by atoms with E-state index in [1.165, 1.54) is 4.90 Å². The zero-order valence-corrected chi connectivity index (χ0v) is 15.3. The van der Waals surface area contributed by atoms with Gasteiger partial charge in [-0.15, -0.1) is 11.8 Å². The van der Waals surface area contributed by atoms with Crippen molar-refractivity contribution in [3.63, 3.8) is 0 Å². The standard InChI is InChI=1S/C18H20N4O3S/c1-26-13-7-5-12(6-8-13)15-19-14(25-21-15)11-22-16(23)18(20-17(22)24)9-3-2-4-10-18/h5-8H,2-4,9-11H2,1H3,(H,20,24). The molecule has 1 saturated heterocycles. The molecule has 1 saturated carbocycles. The zero-order chi connectivity index (χ0) is 18.1. The van der Waals surface area contributed by atoms with Gasteiger partial charge in [0.15, 0.2) is 0 Å². The van der Waals surface area contributed by atoms with Crippen LogP contribution in [-0.4, -0.2) is 38.8 Å². The molecule has 1 spiro atoms. The second kappa shape index (κ2) is 6.75. The van der Waals surface area contributed by atoms with E-state index in [9.17, 15) is 9.59 Å². The van der Waals surface area contributed by atoms with E-state index in [-0.39, 0.29) is 24.4 Å². The van der Waals surface area contributed by atoms with Gasteiger partial charge in [-0.3, -0.25) is 9.69 Å². The van der Waals surface area contributed by atoms with E-state index in [4.69, 9.17) is 4.52 Å². The quantitative estimate of drug-likeness (QED) is 0.655. The Hall–Kier alpha value is -2.35. The molecule has 7 nitrogen and oxygen atoms in total. The highest BCUT2D eigenvalue weighted by atomic mass is 32.2. The van der Waals surface area contributed by atoms with Crippen molar-refractivity contribution < 1.29 is 14.1 Å². The SMILES string of the molecule is CSc1ccc(-c2noc(CN3C(=O)NC4(CCCCC4)C3=O)n2)cc1. The van der Waals surface area contributed by atoms with Crippen molar-refractivity contribution in [2.75, 3.05) is 6.26 Å². The summed E-state index contributed by atoms with van der Waals surface area (Å²) in [6.07, 6.45) is 6.43. The van der Waals surface area contributed by atoms with Crippen molar-refractivity contribution in [3.05, 3.63) is 30.2 Å². The van der Waals surface area contributed by atoms with Gasteiger partial charge in [-0.2, -0.15) is 4.98 Å². The highest BCUT2D eigenvalue weighted by molar-refractivity contribution is 7.98. The molecule has 1 aromatic carbocycles. The molecule has 0 unspecified atom stereocenters. The molecular weight excluding hydrogens is 352 g/mol. The molecule has 8 heteroatoms. The Kier molecular flexibility index (Phi) is 4.44. The summed E-state index contributed by atoms with van der Waals surface area (Å²) in [7, 11) is 0. The van der Waals surface area contributed by atoms with Crippen LogP contribution in [0.4, 0.5) is 4.79 Å². The monoisotopic (exact) mass is 372 g/mol. The number of benzene rings is 1. The number of nitrogens with zero attached hydrogens (tertiary/aromatic N) is 3. The van der Waals surface area contributed by atoms with Crippen molar-refractivity contribution in [1.82, 2.24) is 20.4 Å². The smallest absolute Gasteiger partial charge is 0.325 e. The molecule has 0 radical (unpaired) electrons. The predicted octanol–water partition coefficient (Wildman–Crippen LogP) is 3.21. The maximum atomic E-state index is 12.8. The maximum absolute atomic E-state index is 12.8. The lowest BCUT2D eigenvalue weighted by atomic mass is 9.82. The van der Waals surface area contributed by atoms with E-state index in [0.29, 0.717) is 18.7 Å². The average molecular weight is 372 g/mol. The normalized spacial score (nSPS) is 19.2. The Balaban J connectivity index is 1.50. The lowest BCUT2D eigenvalue weighted by Crippen LogP contribution is -2.48. The highest BCUT2D eigenvalue weighted by Crippen LogP contribution is 2.34. The average Bonchev–Trinajstić information content (AvgIpc) is 3.22. The molecule has 136 valence electrons. The van der Waals surface area contributed by atoms with Crippen molar-refractivity contribution in [2.45, 2.75) is 49.1 Å². The van der Waals surface area contributed by atoms with Gasteiger partial charge in [-0.1, -0.05) is 24.4 Å². The number of urea groups is 1. The number of nitrogens with one attached hydrogen (secondary N) is 1. The van der Waals surface area contributed by atoms with Gasteiger partial charge in [0.05, 0.1) is 0 Å². The Morgan fingerprint density at radius 2 is 1.92 bits per heavy atom. The molecule has 1 aliphatic carbocycles. The van der Waals surface area contributed by atoms with Gasteiger partial charge < -0.3 is 9.84 Å². The lowest BCUT2D eigenvalue weighted by Gasteiger charge is -2.30. The van der Waals surface area contributed by atoms with Crippen LogP contribution in [0.3, 0.4) is 0 Å². The number of thioether (sulfide) groups is 1. The highest BCUT2D eigenvalue weighted by Gasteiger charge is 2.51. The summed E-state index contributed by atoms with van der Waals surface area (Å²) >= 11 is 1.66. The number of carbonyl (C=O) groups is 2. The summed E-state index contributed by atoms with van der Waals surface area (Å²) in [6, 6.07) is 7.44. The fraction of sp³-hybridized carbons (Fsp3) is 0.444. The number of carbonyl (C=O) groups excluding carboxylic acids is 2. The van der Waals surface area contributed by atoms with Crippen LogP contribution in [0.25, 0.3) is 11.4 Å². The molecule has 0 atom stereocenters. The largest absolute Gasteiger partial charge is 0.337 e. The molecule has 2 heterocycles. The number of hydrogen-bond donors (Lipinski definition) is 1. The predicted molar refractivity (Wildman–Crippen MR) is 96.4 cm³/mol. The molecule has 4 rings (SSSR count). The molecule has 1 N–H and O–H groups in total. The number of imide groups is 1. The summed E-state index contributed by atoms with van der Waals surface area (Å²) in [4.78, 5) is 31.8. The Bertz CT molecular complexity index is 827. The van der Waals surface area contributed by atoms with Crippen molar-refractivity contribution in [3.8, 4) is 11.4 Å². The fourth-order valence-electron chi connectivity index (χ4n) is 3.63. The van der Waals surface area contributed by atoms with Crippen molar-refractivity contribution in [2.24, 2.45) is 0 Å². The van der Waals surface area contributed by atoms with E-state index < -0.39 is 5.54 Å². The fourth-order valence-corrected chi connectivity index (χ4v) is 4.03. The summed E-state index contributed by atoms with van der Waals surface area (Å²) in [5.41, 5.74) is 0.102. The molecule has 3 amide bonds. The van der Waals surface area contributed by atoms with Gasteiger partial charge in [0.25, 0.3) is 5.91 Å². The summed E-state index contributed by atoms with van der Waals surface area (Å²) in [6.45, 7) is 0.00229. The first-order chi connectivity index (χ1) is 12.6. The first-order valence-electron chi connectivity index (χ1n) is 8.72. The summed E-state index contributed by atoms with van der Waals surface area (Å²) in [5.74, 6) is 0.531. The lowest BCUT2D eigenvalue weighted by molar-refractivity contribution is -0.133. The van der Waals surface area contributed by atoms with Crippen LogP contribution in [0.2, 0.25) is 0 Å². The molecule has 0 bridgehead atoms. The third-order valence-corrected chi connectivity index (χ3v) is 5.81. The van der Waals surface area contributed by atoms with Crippen LogP contribution in [0.5, 0.6) is 0 Å². The molecule has 2 aliphatic rings. The maximum Gasteiger partial charge on any atom is 0.325 e. The van der Waals surface area contributed by atoms with Gasteiger partial charge in [-0.05, 0) is 43.4 Å². The van der Waals surface area contributed by atoms with Gasteiger partial charge >= 0.3 is 6.03 Å². The first-order valence-corrected chi connectivity index (χ1v) is 9.95. The van der Waals surface area contributed by atoms with Crippen molar-refractivity contribution >= 4 is 23.7 Å². The van der Waals surface area contributed by atoms with Crippen LogP contribution in [0, 0.1) is 0 Å². The van der Waals surface area contributed by atoms with Crippen LogP contribution < -0.4 is 5.32 Å².